The molecule has 1 heterocycles. The van der Waals surface area contributed by atoms with Crippen molar-refractivity contribution >= 4 is 71.3 Å². The number of rotatable bonds is 6. The van der Waals surface area contributed by atoms with E-state index in [0.29, 0.717) is 0 Å². The molecule has 0 aliphatic rings. The van der Waals surface area contributed by atoms with Gasteiger partial charge in [-0.2, -0.15) is 0 Å². The summed E-state index contributed by atoms with van der Waals surface area (Å²) in [6.07, 6.45) is 0. The molecule has 0 fully saturated rings. The number of anilines is 3. The van der Waals surface area contributed by atoms with Gasteiger partial charge in [-0.15, -0.1) is 0 Å². The maximum atomic E-state index is 6.41. The van der Waals surface area contributed by atoms with E-state index in [4.69, 9.17) is 4.42 Å². The third-order valence-electron chi connectivity index (χ3n) is 11.3. The van der Waals surface area contributed by atoms with Crippen LogP contribution in [0.1, 0.15) is 0 Å². The van der Waals surface area contributed by atoms with Gasteiger partial charge in [-0.1, -0.05) is 170 Å². The van der Waals surface area contributed by atoms with Crippen LogP contribution in [0.15, 0.2) is 217 Å². The van der Waals surface area contributed by atoms with Gasteiger partial charge in [0.2, 0.25) is 0 Å². The van der Waals surface area contributed by atoms with Gasteiger partial charge in [0.15, 0.2) is 0 Å². The van der Waals surface area contributed by atoms with Crippen molar-refractivity contribution < 1.29 is 4.42 Å². The van der Waals surface area contributed by atoms with E-state index in [9.17, 15) is 0 Å². The predicted molar refractivity (Wildman–Crippen MR) is 237 cm³/mol. The third kappa shape index (κ3) is 5.42. The smallest absolute Gasteiger partial charge is 0.143 e. The first-order chi connectivity index (χ1) is 27.7. The Labute approximate surface area is 325 Å². The maximum absolute atomic E-state index is 6.41. The molecule has 2 heteroatoms. The summed E-state index contributed by atoms with van der Waals surface area (Å²) < 4.78 is 6.41. The summed E-state index contributed by atoms with van der Waals surface area (Å²) in [6, 6.07) is 76.5. The van der Waals surface area contributed by atoms with Crippen LogP contribution in [0, 0.1) is 0 Å². The molecule has 0 aliphatic carbocycles. The van der Waals surface area contributed by atoms with Crippen molar-refractivity contribution in [2.75, 3.05) is 4.90 Å². The van der Waals surface area contributed by atoms with Gasteiger partial charge < -0.3 is 9.32 Å². The fourth-order valence-corrected chi connectivity index (χ4v) is 8.46. The zero-order valence-electron chi connectivity index (χ0n) is 30.6. The minimum absolute atomic E-state index is 0.908. The average Bonchev–Trinajstić information content (AvgIpc) is 3.66. The predicted octanol–water partition coefficient (Wildman–Crippen LogP) is 15.5. The Kier molecular flexibility index (Phi) is 7.53. The zero-order chi connectivity index (χ0) is 37.0. The molecule has 0 saturated heterocycles. The fourth-order valence-electron chi connectivity index (χ4n) is 8.46. The molecule has 1 aromatic heterocycles. The molecule has 0 N–H and O–H groups in total. The number of benzene rings is 10. The second kappa shape index (κ2) is 13.2. The normalized spacial score (nSPS) is 11.6. The Bertz CT molecular complexity index is 3220. The Hall–Kier alpha value is -7.42. The molecule has 11 aromatic rings. The lowest BCUT2D eigenvalue weighted by molar-refractivity contribution is 0.670. The lowest BCUT2D eigenvalue weighted by atomic mass is 9.96. The van der Waals surface area contributed by atoms with E-state index in [2.05, 4.69) is 205 Å². The number of nitrogens with zero attached hydrogens (tertiary/aromatic N) is 1. The number of hydrogen-bond donors (Lipinski definition) is 0. The van der Waals surface area contributed by atoms with Gasteiger partial charge in [0.05, 0.1) is 0 Å². The summed E-state index contributed by atoms with van der Waals surface area (Å²) in [5.41, 5.74) is 12.1. The van der Waals surface area contributed by atoms with E-state index in [1.807, 2.05) is 12.1 Å². The van der Waals surface area contributed by atoms with Gasteiger partial charge in [0.25, 0.3) is 0 Å². The molecule has 0 atom stereocenters. The summed E-state index contributed by atoms with van der Waals surface area (Å²) in [5, 5.41) is 9.76. The summed E-state index contributed by atoms with van der Waals surface area (Å²) in [6.45, 7) is 0. The molecule has 56 heavy (non-hydrogen) atoms. The van der Waals surface area contributed by atoms with Crippen molar-refractivity contribution in [1.29, 1.82) is 0 Å². The molecule has 262 valence electrons. The van der Waals surface area contributed by atoms with Gasteiger partial charge in [0, 0.05) is 33.4 Å². The molecule has 0 amide bonds. The topological polar surface area (TPSA) is 16.4 Å². The summed E-state index contributed by atoms with van der Waals surface area (Å²) in [4.78, 5) is 2.36. The van der Waals surface area contributed by atoms with Crippen molar-refractivity contribution in [2.24, 2.45) is 0 Å². The van der Waals surface area contributed by atoms with Gasteiger partial charge in [0.1, 0.15) is 11.2 Å². The minimum atomic E-state index is 0.908. The van der Waals surface area contributed by atoms with Gasteiger partial charge in [-0.05, 0) is 103 Å². The van der Waals surface area contributed by atoms with E-state index < -0.39 is 0 Å². The van der Waals surface area contributed by atoms with Crippen LogP contribution in [-0.2, 0) is 0 Å². The molecule has 0 aliphatic heterocycles. The Balaban J connectivity index is 0.988. The molecule has 11 rings (SSSR count). The average molecular weight is 714 g/mol. The first-order valence-corrected chi connectivity index (χ1v) is 19.2. The van der Waals surface area contributed by atoms with Crippen LogP contribution in [0.25, 0.3) is 87.6 Å². The Morgan fingerprint density at radius 2 is 0.750 bits per heavy atom. The molecule has 0 unspecified atom stereocenters. The highest BCUT2D eigenvalue weighted by Crippen LogP contribution is 2.41. The van der Waals surface area contributed by atoms with Crippen LogP contribution in [0.4, 0.5) is 17.1 Å². The third-order valence-corrected chi connectivity index (χ3v) is 11.3. The van der Waals surface area contributed by atoms with Crippen LogP contribution in [-0.4, -0.2) is 0 Å². The van der Waals surface area contributed by atoms with E-state index in [1.165, 1.54) is 54.6 Å². The van der Waals surface area contributed by atoms with E-state index in [-0.39, 0.29) is 0 Å². The van der Waals surface area contributed by atoms with Crippen LogP contribution in [0.5, 0.6) is 0 Å². The lowest BCUT2D eigenvalue weighted by Gasteiger charge is -2.26. The number of furan rings is 1. The number of hydrogen-bond acceptors (Lipinski definition) is 2. The molecule has 10 aromatic carbocycles. The van der Waals surface area contributed by atoms with Gasteiger partial charge in [-0.3, -0.25) is 0 Å². The Morgan fingerprint density at radius 1 is 0.286 bits per heavy atom. The zero-order valence-corrected chi connectivity index (χ0v) is 30.6. The van der Waals surface area contributed by atoms with Gasteiger partial charge >= 0.3 is 0 Å². The molecule has 0 bridgehead atoms. The monoisotopic (exact) mass is 713 g/mol. The number of para-hydroxylation sites is 2. The molecular weight excluding hydrogens is 679 g/mol. The van der Waals surface area contributed by atoms with Crippen LogP contribution in [0.2, 0.25) is 0 Å². The molecular formula is C54H35NO. The van der Waals surface area contributed by atoms with Crippen LogP contribution < -0.4 is 4.90 Å². The first kappa shape index (κ1) is 32.0. The molecule has 0 saturated carbocycles. The summed E-state index contributed by atoms with van der Waals surface area (Å²) in [5.74, 6) is 0. The summed E-state index contributed by atoms with van der Waals surface area (Å²) >= 11 is 0. The van der Waals surface area contributed by atoms with Gasteiger partial charge in [-0.25, -0.2) is 0 Å². The second-order valence-corrected chi connectivity index (χ2v) is 14.5. The SMILES string of the molecule is c1ccc2c(-c3ccc(-c4ccc(N(c5ccc(-c6cccc7c6oc6ccccc67)cc5)c5ccc6ccc7ccccc7c6c5)cc4)cc3)cccc2c1. The van der Waals surface area contributed by atoms with E-state index >= 15 is 0 Å². The highest BCUT2D eigenvalue weighted by Gasteiger charge is 2.17. The maximum Gasteiger partial charge on any atom is 0.143 e. The quantitative estimate of drug-likeness (QED) is 0.160. The minimum Gasteiger partial charge on any atom is -0.455 e. The first-order valence-electron chi connectivity index (χ1n) is 19.2. The highest BCUT2D eigenvalue weighted by atomic mass is 16.3. The largest absolute Gasteiger partial charge is 0.455 e. The van der Waals surface area contributed by atoms with E-state index in [1.54, 1.807) is 0 Å². The molecule has 0 spiro atoms. The van der Waals surface area contributed by atoms with Crippen molar-refractivity contribution in [3.05, 3.63) is 212 Å². The van der Waals surface area contributed by atoms with Crippen LogP contribution in [0.3, 0.4) is 0 Å². The van der Waals surface area contributed by atoms with Crippen molar-refractivity contribution in [1.82, 2.24) is 0 Å². The summed E-state index contributed by atoms with van der Waals surface area (Å²) in [7, 11) is 0. The van der Waals surface area contributed by atoms with Crippen molar-refractivity contribution in [2.45, 2.75) is 0 Å². The lowest BCUT2D eigenvalue weighted by Crippen LogP contribution is -2.09. The van der Waals surface area contributed by atoms with Crippen LogP contribution >= 0.6 is 0 Å². The van der Waals surface area contributed by atoms with Crippen molar-refractivity contribution in [3.8, 4) is 33.4 Å². The van der Waals surface area contributed by atoms with E-state index in [0.717, 1.165) is 50.1 Å². The standard InChI is InChI=1S/C54H35NO/c1-3-12-46-38(9-1)11-7-15-47(46)40-21-19-36(20-22-40)37-25-30-43(31-26-37)55(45-34-29-42-24-23-39-10-2-4-13-48(39)52(42)35-45)44-32-27-41(28-33-44)49-16-8-17-51-50-14-5-6-18-53(50)56-54(49)51/h1-35H. The van der Waals surface area contributed by atoms with Crippen molar-refractivity contribution in [3.63, 3.8) is 0 Å². The Morgan fingerprint density at radius 3 is 1.50 bits per heavy atom. The fraction of sp³-hybridized carbons (Fsp3) is 0. The second-order valence-electron chi connectivity index (χ2n) is 14.5. The number of fused-ring (bicyclic) bond motifs is 7. The molecule has 2 nitrogen and oxygen atoms in total. The highest BCUT2D eigenvalue weighted by molar-refractivity contribution is 6.10. The molecule has 0 radical (unpaired) electrons.